The summed E-state index contributed by atoms with van der Waals surface area (Å²) in [4.78, 5) is 12.5. The summed E-state index contributed by atoms with van der Waals surface area (Å²) in [7, 11) is -3.38. The number of fused-ring (bicyclic) bond motifs is 2. The third kappa shape index (κ3) is 3.07. The molecule has 0 N–H and O–H groups in total. The summed E-state index contributed by atoms with van der Waals surface area (Å²) in [5.41, 5.74) is -0.0946. The van der Waals surface area contributed by atoms with Crippen molar-refractivity contribution in [1.82, 2.24) is 4.90 Å². The Kier molecular flexibility index (Phi) is 3.94. The molecule has 8 heteroatoms. The van der Waals surface area contributed by atoms with E-state index in [2.05, 4.69) is 4.90 Å². The van der Waals surface area contributed by atoms with Crippen molar-refractivity contribution in [2.75, 3.05) is 24.6 Å². The summed E-state index contributed by atoms with van der Waals surface area (Å²) in [5.74, 6) is 1.17. The van der Waals surface area contributed by atoms with Crippen molar-refractivity contribution in [1.29, 1.82) is 0 Å². The van der Waals surface area contributed by atoms with Crippen LogP contribution in [0.4, 0.5) is 5.69 Å². The predicted octanol–water partition coefficient (Wildman–Crippen LogP) is 1.56. The predicted molar refractivity (Wildman–Crippen MR) is 81.4 cm³/mol. The van der Waals surface area contributed by atoms with Crippen LogP contribution < -0.4 is 0 Å². The van der Waals surface area contributed by atoms with Gasteiger partial charge >= 0.3 is 0 Å². The van der Waals surface area contributed by atoms with E-state index in [4.69, 9.17) is 0 Å². The van der Waals surface area contributed by atoms with Gasteiger partial charge in [0.2, 0.25) is 0 Å². The summed E-state index contributed by atoms with van der Waals surface area (Å²) in [6.45, 7) is 1.52. The van der Waals surface area contributed by atoms with Gasteiger partial charge in [0.1, 0.15) is 0 Å². The van der Waals surface area contributed by atoms with Crippen molar-refractivity contribution in [3.63, 3.8) is 0 Å². The lowest BCUT2D eigenvalue weighted by Crippen LogP contribution is -2.37. The van der Waals surface area contributed by atoms with E-state index < -0.39 is 14.8 Å². The molecule has 0 radical (unpaired) electrons. The highest BCUT2D eigenvalue weighted by molar-refractivity contribution is 8.00. The third-order valence-corrected chi connectivity index (χ3v) is 7.17. The normalized spacial score (nSPS) is 25.3. The van der Waals surface area contributed by atoms with Gasteiger partial charge in [0.15, 0.2) is 9.84 Å². The first-order chi connectivity index (χ1) is 9.95. The molecule has 1 aromatic rings. The van der Waals surface area contributed by atoms with Crippen molar-refractivity contribution >= 4 is 27.3 Å². The molecule has 2 saturated heterocycles. The van der Waals surface area contributed by atoms with Gasteiger partial charge in [0.05, 0.1) is 15.6 Å². The van der Waals surface area contributed by atoms with E-state index in [1.807, 2.05) is 11.8 Å². The number of sulfone groups is 1. The van der Waals surface area contributed by atoms with Gasteiger partial charge in [-0.05, 0) is 18.6 Å². The molecule has 21 heavy (non-hydrogen) atoms. The first-order valence-corrected chi connectivity index (χ1v) is 9.49. The summed E-state index contributed by atoms with van der Waals surface area (Å²) < 4.78 is 24.5. The standard InChI is InChI=1S/C13H16N2O4S2/c16-15(17)10-1-3-13(4-2-10)21(18,19)6-5-14-8-12-7-11(14)9-20-12/h1-4,11-12H,5-9H2/t11-,12-/m0/s1. The molecular formula is C13H16N2O4S2. The van der Waals surface area contributed by atoms with Gasteiger partial charge in [-0.25, -0.2) is 8.42 Å². The van der Waals surface area contributed by atoms with Crippen LogP contribution in [0.25, 0.3) is 0 Å². The van der Waals surface area contributed by atoms with Crippen LogP contribution in [-0.4, -0.2) is 54.1 Å². The van der Waals surface area contributed by atoms with Crippen molar-refractivity contribution in [3.05, 3.63) is 34.4 Å². The molecule has 1 aromatic carbocycles. The highest BCUT2D eigenvalue weighted by Crippen LogP contribution is 2.37. The second-order valence-electron chi connectivity index (χ2n) is 5.41. The first kappa shape index (κ1) is 14.8. The Hall–Kier alpha value is -1.12. The Morgan fingerprint density at radius 3 is 2.57 bits per heavy atom. The zero-order valence-electron chi connectivity index (χ0n) is 11.3. The second-order valence-corrected chi connectivity index (χ2v) is 8.85. The SMILES string of the molecule is O=[N+]([O-])c1ccc(S(=O)(=O)CCN2C[C@@H]3C[C@H]2CS3)cc1. The molecule has 114 valence electrons. The number of rotatable bonds is 5. The molecule has 0 aliphatic carbocycles. The van der Waals surface area contributed by atoms with Crippen LogP contribution in [-0.2, 0) is 9.84 Å². The summed E-state index contributed by atoms with van der Waals surface area (Å²) >= 11 is 1.97. The van der Waals surface area contributed by atoms with Gasteiger partial charge in [-0.3, -0.25) is 15.0 Å². The molecule has 0 aromatic heterocycles. The fourth-order valence-electron chi connectivity index (χ4n) is 2.88. The molecule has 2 bridgehead atoms. The smallest absolute Gasteiger partial charge is 0.269 e. The lowest BCUT2D eigenvalue weighted by molar-refractivity contribution is -0.384. The molecule has 2 aliphatic rings. The maximum absolute atomic E-state index is 12.3. The summed E-state index contributed by atoms with van der Waals surface area (Å²) in [5, 5.41) is 11.2. The highest BCUT2D eigenvalue weighted by atomic mass is 32.2. The zero-order valence-corrected chi connectivity index (χ0v) is 13.0. The number of hydrogen-bond acceptors (Lipinski definition) is 6. The Morgan fingerprint density at radius 2 is 2.05 bits per heavy atom. The van der Waals surface area contributed by atoms with Gasteiger partial charge in [-0.2, -0.15) is 11.8 Å². The molecule has 0 amide bonds. The Labute approximate surface area is 127 Å². The summed E-state index contributed by atoms with van der Waals surface area (Å²) in [6.07, 6.45) is 1.17. The van der Waals surface area contributed by atoms with Gasteiger partial charge in [-0.1, -0.05) is 0 Å². The van der Waals surface area contributed by atoms with Crippen LogP contribution in [0.15, 0.2) is 29.2 Å². The van der Waals surface area contributed by atoms with Gasteiger partial charge in [0.25, 0.3) is 5.69 Å². The average molecular weight is 328 g/mol. The van der Waals surface area contributed by atoms with E-state index in [1.54, 1.807) is 0 Å². The minimum Gasteiger partial charge on any atom is -0.297 e. The highest BCUT2D eigenvalue weighted by Gasteiger charge is 2.38. The van der Waals surface area contributed by atoms with Crippen LogP contribution >= 0.6 is 11.8 Å². The van der Waals surface area contributed by atoms with E-state index in [0.717, 1.165) is 12.3 Å². The largest absolute Gasteiger partial charge is 0.297 e. The molecule has 0 saturated carbocycles. The minimum absolute atomic E-state index is 0.0682. The topological polar surface area (TPSA) is 80.5 Å². The van der Waals surface area contributed by atoms with Crippen molar-refractivity contribution in [2.24, 2.45) is 0 Å². The molecule has 3 rings (SSSR count). The molecule has 0 spiro atoms. The van der Waals surface area contributed by atoms with Crippen molar-refractivity contribution < 1.29 is 13.3 Å². The quantitative estimate of drug-likeness (QED) is 0.603. The van der Waals surface area contributed by atoms with E-state index in [0.29, 0.717) is 17.8 Å². The van der Waals surface area contributed by atoms with E-state index >= 15 is 0 Å². The molecule has 2 heterocycles. The van der Waals surface area contributed by atoms with Crippen LogP contribution in [0.2, 0.25) is 0 Å². The minimum atomic E-state index is -3.38. The van der Waals surface area contributed by atoms with Crippen molar-refractivity contribution in [2.45, 2.75) is 22.6 Å². The number of thioether (sulfide) groups is 1. The van der Waals surface area contributed by atoms with Crippen LogP contribution in [0.1, 0.15) is 6.42 Å². The number of likely N-dealkylation sites (tertiary alicyclic amines) is 1. The lowest BCUT2D eigenvalue weighted by atomic mass is 10.2. The van der Waals surface area contributed by atoms with Gasteiger partial charge < -0.3 is 0 Å². The van der Waals surface area contributed by atoms with E-state index in [1.165, 1.54) is 30.7 Å². The Balaban J connectivity index is 1.65. The van der Waals surface area contributed by atoms with Crippen LogP contribution in [0.3, 0.4) is 0 Å². The van der Waals surface area contributed by atoms with Crippen LogP contribution in [0.5, 0.6) is 0 Å². The van der Waals surface area contributed by atoms with Gasteiger partial charge in [0, 0.05) is 42.3 Å². The van der Waals surface area contributed by atoms with E-state index in [9.17, 15) is 18.5 Å². The Morgan fingerprint density at radius 1 is 1.33 bits per heavy atom. The third-order valence-electron chi connectivity index (χ3n) is 4.07. The molecule has 2 fully saturated rings. The zero-order chi connectivity index (χ0) is 15.0. The molecule has 6 nitrogen and oxygen atoms in total. The number of hydrogen-bond donors (Lipinski definition) is 0. The number of nitro groups is 1. The molecule has 2 atom stereocenters. The van der Waals surface area contributed by atoms with Crippen LogP contribution in [0, 0.1) is 10.1 Å². The Bertz CT molecular complexity index is 645. The number of nitro benzene ring substituents is 1. The number of nitrogens with zero attached hydrogens (tertiary/aromatic N) is 2. The monoisotopic (exact) mass is 328 g/mol. The maximum Gasteiger partial charge on any atom is 0.269 e. The number of benzene rings is 1. The fourth-order valence-corrected chi connectivity index (χ4v) is 5.64. The first-order valence-electron chi connectivity index (χ1n) is 6.78. The second kappa shape index (κ2) is 5.58. The van der Waals surface area contributed by atoms with Gasteiger partial charge in [-0.15, -0.1) is 0 Å². The average Bonchev–Trinajstić information content (AvgIpc) is 3.08. The summed E-state index contributed by atoms with van der Waals surface area (Å²) in [6, 6.07) is 5.63. The molecular weight excluding hydrogens is 312 g/mol. The molecule has 0 unspecified atom stereocenters. The lowest BCUT2D eigenvalue weighted by Gasteiger charge is -2.26. The molecule has 2 aliphatic heterocycles. The maximum atomic E-state index is 12.3. The van der Waals surface area contributed by atoms with E-state index in [-0.39, 0.29) is 16.3 Å². The fraction of sp³-hybridized carbons (Fsp3) is 0.538. The van der Waals surface area contributed by atoms with Crippen molar-refractivity contribution in [3.8, 4) is 0 Å². The number of non-ortho nitro benzene ring substituents is 1.